The van der Waals surface area contributed by atoms with Gasteiger partial charge in [0, 0.05) is 17.1 Å². The quantitative estimate of drug-likeness (QED) is 0.311. The summed E-state index contributed by atoms with van der Waals surface area (Å²) in [5, 5.41) is 11.4. The first-order valence-corrected chi connectivity index (χ1v) is 6.98. The molecule has 0 aliphatic rings. The van der Waals surface area contributed by atoms with Gasteiger partial charge in [-0.1, -0.05) is 6.07 Å². The molecule has 1 N–H and O–H groups in total. The van der Waals surface area contributed by atoms with Gasteiger partial charge >= 0.3 is 5.97 Å². The van der Waals surface area contributed by atoms with Gasteiger partial charge in [-0.05, 0) is 29.9 Å². The van der Waals surface area contributed by atoms with E-state index in [1.807, 2.05) is 54.6 Å². The standard InChI is InChI=1S/C13H8NO2S.C5H5.Fe/c15-13(16)10-6-3-7-11(14-8-17)12(10)9-4-1-2-5-9;1-2-4-5-3-1;/h1-7H,(H,15,16);1-5H;/q-1;-5;. The second kappa shape index (κ2) is 9.67. The third-order valence-corrected chi connectivity index (χ3v) is 3.04. The van der Waals surface area contributed by atoms with Crippen LogP contribution in [-0.4, -0.2) is 16.2 Å². The Morgan fingerprint density at radius 1 is 1.13 bits per heavy atom. The van der Waals surface area contributed by atoms with Crippen LogP contribution in [0.25, 0.3) is 11.1 Å². The zero-order chi connectivity index (χ0) is 15.8. The number of nitrogens with zero attached hydrogens (tertiary/aromatic N) is 1. The molecule has 0 saturated carbocycles. The maximum absolute atomic E-state index is 11.2. The largest absolute Gasteiger partial charge is 0.748 e. The third-order valence-electron chi connectivity index (χ3n) is 2.95. The number of thiocarbonyl (C=S) groups is 1. The van der Waals surface area contributed by atoms with Crippen molar-refractivity contribution in [3.63, 3.8) is 0 Å². The van der Waals surface area contributed by atoms with Crippen molar-refractivity contribution in [3.8, 4) is 11.1 Å². The summed E-state index contributed by atoms with van der Waals surface area (Å²) in [6, 6.07) is 22.3. The number of aromatic carboxylic acids is 1. The number of isothiocyanates is 1. The van der Waals surface area contributed by atoms with E-state index < -0.39 is 5.97 Å². The molecule has 0 heterocycles. The average Bonchev–Trinajstić information content (AvgIpc) is 3.23. The molecule has 3 aromatic carbocycles. The zero-order valence-electron chi connectivity index (χ0n) is 12.0. The second-order valence-electron chi connectivity index (χ2n) is 4.34. The Hall–Kier alpha value is -2.29. The Morgan fingerprint density at radius 3 is 2.26 bits per heavy atom. The molecule has 3 rings (SSSR count). The maximum atomic E-state index is 11.2. The van der Waals surface area contributed by atoms with Crippen LogP contribution in [0.15, 0.2) is 77.8 Å². The molecule has 3 aromatic rings. The van der Waals surface area contributed by atoms with E-state index >= 15 is 0 Å². The SMILES string of the molecule is O=C(O)c1cccc(N=C=S)c1-c1cc[cH-]c1.[Fe].[cH-]1[cH-][cH-][cH-][cH-]1. The minimum atomic E-state index is -0.984. The third kappa shape index (κ3) is 5.13. The molecule has 0 atom stereocenters. The van der Waals surface area contributed by atoms with Crippen LogP contribution in [-0.2, 0) is 17.1 Å². The number of benzene rings is 1. The van der Waals surface area contributed by atoms with Gasteiger partial charge in [0.05, 0.1) is 16.4 Å². The minimum absolute atomic E-state index is 0. The normalized spacial score (nSPS) is 8.87. The number of hydrogen-bond donors (Lipinski definition) is 1. The van der Waals surface area contributed by atoms with Crippen LogP contribution < -0.4 is 0 Å². The number of carboxylic acids is 1. The molecule has 0 bridgehead atoms. The van der Waals surface area contributed by atoms with Crippen molar-refractivity contribution >= 4 is 29.0 Å². The zero-order valence-corrected chi connectivity index (χ0v) is 13.9. The van der Waals surface area contributed by atoms with Gasteiger partial charge in [0.15, 0.2) is 0 Å². The van der Waals surface area contributed by atoms with Crippen LogP contribution in [0.3, 0.4) is 0 Å². The van der Waals surface area contributed by atoms with Crippen LogP contribution in [0, 0.1) is 0 Å². The Labute approximate surface area is 150 Å². The van der Waals surface area contributed by atoms with Crippen molar-refractivity contribution < 1.29 is 27.0 Å². The molecule has 0 radical (unpaired) electrons. The van der Waals surface area contributed by atoms with E-state index in [1.54, 1.807) is 18.2 Å². The summed E-state index contributed by atoms with van der Waals surface area (Å²) in [5.41, 5.74) is 2.11. The predicted octanol–water partition coefficient (Wildman–Crippen LogP) is 4.91. The first kappa shape index (κ1) is 18.8. The van der Waals surface area contributed by atoms with Gasteiger partial charge in [-0.25, -0.2) is 10.9 Å². The van der Waals surface area contributed by atoms with Gasteiger partial charge in [-0.3, -0.25) is 0 Å². The molecule has 122 valence electrons. The summed E-state index contributed by atoms with van der Waals surface area (Å²) in [5.74, 6) is -0.984. The molecule has 0 aliphatic carbocycles. The van der Waals surface area contributed by atoms with Crippen LogP contribution in [0.5, 0.6) is 0 Å². The van der Waals surface area contributed by atoms with Crippen molar-refractivity contribution in [1.82, 2.24) is 0 Å². The Balaban J connectivity index is 0.000000377. The fourth-order valence-electron chi connectivity index (χ4n) is 2.03. The van der Waals surface area contributed by atoms with E-state index in [-0.39, 0.29) is 22.6 Å². The Bertz CT molecular complexity index is 736. The summed E-state index contributed by atoms with van der Waals surface area (Å²) < 4.78 is 0. The van der Waals surface area contributed by atoms with E-state index in [1.165, 1.54) is 0 Å². The fourth-order valence-corrected chi connectivity index (χ4v) is 2.12. The van der Waals surface area contributed by atoms with Crippen LogP contribution >= 0.6 is 12.2 Å². The van der Waals surface area contributed by atoms with Crippen LogP contribution in [0.2, 0.25) is 0 Å². The fraction of sp³-hybridized carbons (Fsp3) is 0. The van der Waals surface area contributed by atoms with Gasteiger partial charge in [0.2, 0.25) is 0 Å². The van der Waals surface area contributed by atoms with E-state index in [0.717, 1.165) is 5.56 Å². The van der Waals surface area contributed by atoms with Gasteiger partial charge < -0.3 is 35.4 Å². The number of carbonyl (C=O) groups is 1. The van der Waals surface area contributed by atoms with Crippen molar-refractivity contribution in [2.24, 2.45) is 4.99 Å². The Morgan fingerprint density at radius 2 is 1.78 bits per heavy atom. The smallest absolute Gasteiger partial charge is 0.335 e. The predicted molar refractivity (Wildman–Crippen MR) is 91.2 cm³/mol. The maximum Gasteiger partial charge on any atom is 0.335 e. The van der Waals surface area contributed by atoms with Gasteiger partial charge in [0.25, 0.3) is 0 Å². The summed E-state index contributed by atoms with van der Waals surface area (Å²) in [6.45, 7) is 0. The minimum Gasteiger partial charge on any atom is -0.748 e. The number of carboxylic acid groups (broad SMARTS) is 1. The van der Waals surface area contributed by atoms with Crippen molar-refractivity contribution in [2.45, 2.75) is 0 Å². The first-order valence-electron chi connectivity index (χ1n) is 6.57. The molecule has 3 nitrogen and oxygen atoms in total. The van der Waals surface area contributed by atoms with Gasteiger partial charge in [0.1, 0.15) is 0 Å². The van der Waals surface area contributed by atoms with E-state index in [0.29, 0.717) is 11.3 Å². The van der Waals surface area contributed by atoms with E-state index in [2.05, 4.69) is 22.4 Å². The molecule has 0 fully saturated rings. The molecule has 0 unspecified atom stereocenters. The number of rotatable bonds is 3. The molecular weight excluding hydrogens is 350 g/mol. The molecule has 0 aliphatic heterocycles. The molecule has 0 aromatic heterocycles. The summed E-state index contributed by atoms with van der Waals surface area (Å²) in [4.78, 5) is 15.1. The van der Waals surface area contributed by atoms with Gasteiger partial charge in [-0.2, -0.15) is 28.8 Å². The van der Waals surface area contributed by atoms with Crippen molar-refractivity contribution in [2.75, 3.05) is 0 Å². The molecule has 0 amide bonds. The summed E-state index contributed by atoms with van der Waals surface area (Å²) in [6.07, 6.45) is 0. The number of hydrogen-bond acceptors (Lipinski definition) is 3. The first-order chi connectivity index (χ1) is 10.7. The van der Waals surface area contributed by atoms with E-state index in [9.17, 15) is 4.79 Å². The number of aliphatic imine (C=N–C) groups is 1. The summed E-state index contributed by atoms with van der Waals surface area (Å²) >= 11 is 4.57. The molecule has 23 heavy (non-hydrogen) atoms. The molecule has 5 heteroatoms. The average molecular weight is 363 g/mol. The second-order valence-corrected chi connectivity index (χ2v) is 4.53. The van der Waals surface area contributed by atoms with Crippen molar-refractivity contribution in [1.29, 1.82) is 0 Å². The molecule has 0 spiro atoms. The topological polar surface area (TPSA) is 49.7 Å². The van der Waals surface area contributed by atoms with Gasteiger partial charge in [-0.15, -0.1) is 0 Å². The monoisotopic (exact) mass is 363 g/mol. The Kier molecular flexibility index (Phi) is 7.89. The van der Waals surface area contributed by atoms with E-state index in [4.69, 9.17) is 5.11 Å². The summed E-state index contributed by atoms with van der Waals surface area (Å²) in [7, 11) is 0. The van der Waals surface area contributed by atoms with Crippen LogP contribution in [0.1, 0.15) is 10.4 Å². The van der Waals surface area contributed by atoms with Crippen molar-refractivity contribution in [3.05, 3.63) is 78.4 Å². The van der Waals surface area contributed by atoms with Crippen LogP contribution in [0.4, 0.5) is 5.69 Å². The molecule has 0 saturated heterocycles. The molecular formula is C18H13FeNO2S-6.